The molecule has 1 heterocycles. The number of nitrogens with one attached hydrogen (secondary N) is 1. The zero-order valence-corrected chi connectivity index (χ0v) is 13.5. The number of hydrogen-bond donors (Lipinski definition) is 1. The van der Waals surface area contributed by atoms with Crippen LogP contribution in [0.15, 0.2) is 48.5 Å². The summed E-state index contributed by atoms with van der Waals surface area (Å²) >= 11 is 5.93. The Morgan fingerprint density at radius 1 is 1.09 bits per heavy atom. The summed E-state index contributed by atoms with van der Waals surface area (Å²) in [5.41, 5.74) is 2.21. The number of piperazine rings is 1. The molecule has 2 aromatic carbocycles. The average molecular weight is 333 g/mol. The molecule has 5 nitrogen and oxygen atoms in total. The molecule has 1 saturated heterocycles. The second kappa shape index (κ2) is 6.98. The Morgan fingerprint density at radius 2 is 1.74 bits per heavy atom. The summed E-state index contributed by atoms with van der Waals surface area (Å²) in [6, 6.07) is 14.9. The molecule has 0 amide bonds. The molecule has 1 N–H and O–H groups in total. The van der Waals surface area contributed by atoms with Gasteiger partial charge in [0.1, 0.15) is 6.54 Å². The highest BCUT2D eigenvalue weighted by molar-refractivity contribution is 6.30. The first kappa shape index (κ1) is 15.8. The fraction of sp³-hybridized carbons (Fsp3) is 0.294. The topological polar surface area (TPSA) is 50.8 Å². The first-order valence-electron chi connectivity index (χ1n) is 7.70. The predicted octanol–water partition coefficient (Wildman–Crippen LogP) is 2.15. The van der Waals surface area contributed by atoms with Crippen molar-refractivity contribution >= 4 is 23.0 Å². The zero-order chi connectivity index (χ0) is 16.2. The highest BCUT2D eigenvalue weighted by atomic mass is 35.5. The van der Waals surface area contributed by atoms with Crippen molar-refractivity contribution in [3.63, 3.8) is 0 Å². The molecule has 3 rings (SSSR count). The largest absolute Gasteiger partial charge is 0.360 e. The van der Waals surface area contributed by atoms with Crippen LogP contribution < -0.4 is 9.80 Å². The van der Waals surface area contributed by atoms with E-state index in [-0.39, 0.29) is 10.6 Å². The Labute approximate surface area is 140 Å². The van der Waals surface area contributed by atoms with Gasteiger partial charge in [0.2, 0.25) is 0 Å². The summed E-state index contributed by atoms with van der Waals surface area (Å²) in [4.78, 5) is 14.5. The minimum absolute atomic E-state index is 0.222. The summed E-state index contributed by atoms with van der Waals surface area (Å²) in [5, 5.41) is 11.9. The van der Waals surface area contributed by atoms with Gasteiger partial charge in [-0.1, -0.05) is 23.7 Å². The Balaban J connectivity index is 1.61. The first-order valence-corrected chi connectivity index (χ1v) is 8.07. The second-order valence-electron chi connectivity index (χ2n) is 5.78. The number of nitrogens with zero attached hydrogens (tertiary/aromatic N) is 2. The van der Waals surface area contributed by atoms with Gasteiger partial charge in [0.25, 0.3) is 5.69 Å². The minimum atomic E-state index is -0.293. The van der Waals surface area contributed by atoms with E-state index in [9.17, 15) is 10.1 Å². The third-order valence-corrected chi connectivity index (χ3v) is 4.54. The maximum absolute atomic E-state index is 11.1. The van der Waals surface area contributed by atoms with Crippen molar-refractivity contribution in [3.05, 3.63) is 69.2 Å². The summed E-state index contributed by atoms with van der Waals surface area (Å²) in [5.74, 6) is 0. The number of rotatable bonds is 4. The smallest absolute Gasteiger partial charge is 0.278 e. The molecule has 0 aliphatic carbocycles. The van der Waals surface area contributed by atoms with Crippen LogP contribution in [-0.2, 0) is 6.54 Å². The predicted molar refractivity (Wildman–Crippen MR) is 91.2 cm³/mol. The van der Waals surface area contributed by atoms with E-state index >= 15 is 0 Å². The zero-order valence-electron chi connectivity index (χ0n) is 12.7. The quantitative estimate of drug-likeness (QED) is 0.689. The molecule has 0 spiro atoms. The average Bonchev–Trinajstić information content (AvgIpc) is 2.57. The Morgan fingerprint density at radius 3 is 2.39 bits per heavy atom. The lowest BCUT2D eigenvalue weighted by Gasteiger charge is -2.33. The number of anilines is 1. The molecular formula is C17H19ClN3O2+. The summed E-state index contributed by atoms with van der Waals surface area (Å²) in [6.07, 6.45) is 0. The van der Waals surface area contributed by atoms with E-state index in [4.69, 9.17) is 11.6 Å². The highest BCUT2D eigenvalue weighted by Gasteiger charge is 2.23. The van der Waals surface area contributed by atoms with Gasteiger partial charge in [-0.05, 0) is 30.3 Å². The van der Waals surface area contributed by atoms with Crippen molar-refractivity contribution in [2.45, 2.75) is 6.54 Å². The molecule has 1 fully saturated rings. The maximum atomic E-state index is 11.1. The van der Waals surface area contributed by atoms with Crippen LogP contribution in [-0.4, -0.2) is 31.1 Å². The van der Waals surface area contributed by atoms with Gasteiger partial charge in [-0.15, -0.1) is 0 Å². The normalized spacial score (nSPS) is 15.6. The van der Waals surface area contributed by atoms with Crippen molar-refractivity contribution in [1.82, 2.24) is 0 Å². The van der Waals surface area contributed by atoms with Gasteiger partial charge in [-0.25, -0.2) is 0 Å². The number of nitro benzene ring substituents is 1. The monoisotopic (exact) mass is 332 g/mol. The van der Waals surface area contributed by atoms with Gasteiger partial charge >= 0.3 is 0 Å². The molecule has 120 valence electrons. The van der Waals surface area contributed by atoms with Crippen LogP contribution in [0.5, 0.6) is 0 Å². The van der Waals surface area contributed by atoms with E-state index in [0.29, 0.717) is 6.54 Å². The Kier molecular flexibility index (Phi) is 4.79. The van der Waals surface area contributed by atoms with E-state index in [0.717, 1.165) is 36.8 Å². The molecule has 0 radical (unpaired) electrons. The Hall–Kier alpha value is -2.11. The van der Waals surface area contributed by atoms with Gasteiger partial charge < -0.3 is 9.80 Å². The minimum Gasteiger partial charge on any atom is -0.360 e. The van der Waals surface area contributed by atoms with Crippen LogP contribution in [0.1, 0.15) is 5.56 Å². The molecule has 0 atom stereocenters. The number of para-hydroxylation sites is 1. The van der Waals surface area contributed by atoms with Gasteiger partial charge in [0.15, 0.2) is 0 Å². The molecule has 1 aliphatic heterocycles. The van der Waals surface area contributed by atoms with E-state index in [2.05, 4.69) is 4.90 Å². The van der Waals surface area contributed by atoms with Crippen molar-refractivity contribution in [3.8, 4) is 0 Å². The van der Waals surface area contributed by atoms with Crippen molar-refractivity contribution in [2.75, 3.05) is 31.1 Å². The van der Waals surface area contributed by atoms with E-state index < -0.39 is 0 Å². The third-order valence-electron chi connectivity index (χ3n) is 4.29. The molecule has 0 saturated carbocycles. The number of hydrogen-bond acceptors (Lipinski definition) is 3. The van der Waals surface area contributed by atoms with Crippen LogP contribution in [0.3, 0.4) is 0 Å². The molecular weight excluding hydrogens is 314 g/mol. The molecule has 1 aliphatic rings. The standard InChI is InChI=1S/C17H18ClN3O2/c18-15-5-7-16(8-6-15)20-11-9-19(10-12-20)13-14-3-1-2-4-17(14)21(22)23/h1-8H,9-13H2/p+1. The SMILES string of the molecule is O=[N+]([O-])c1ccccc1C[NH+]1CCN(c2ccc(Cl)cc2)CC1. The molecule has 0 unspecified atom stereocenters. The van der Waals surface area contributed by atoms with Crippen LogP contribution >= 0.6 is 11.6 Å². The molecule has 0 bridgehead atoms. The van der Waals surface area contributed by atoms with Crippen molar-refractivity contribution in [1.29, 1.82) is 0 Å². The number of quaternary nitrogens is 1. The van der Waals surface area contributed by atoms with Crippen molar-refractivity contribution < 1.29 is 9.82 Å². The maximum Gasteiger partial charge on any atom is 0.278 e. The van der Waals surface area contributed by atoms with Crippen LogP contribution in [0.25, 0.3) is 0 Å². The summed E-state index contributed by atoms with van der Waals surface area (Å²) < 4.78 is 0. The number of nitro groups is 1. The fourth-order valence-corrected chi connectivity index (χ4v) is 3.14. The molecule has 2 aromatic rings. The molecule has 6 heteroatoms. The van der Waals surface area contributed by atoms with Gasteiger partial charge in [-0.2, -0.15) is 0 Å². The highest BCUT2D eigenvalue weighted by Crippen LogP contribution is 2.19. The Bertz CT molecular complexity index is 682. The van der Waals surface area contributed by atoms with E-state index in [1.807, 2.05) is 36.4 Å². The lowest BCUT2D eigenvalue weighted by Crippen LogP contribution is -3.13. The first-order chi connectivity index (χ1) is 11.1. The fourth-order valence-electron chi connectivity index (χ4n) is 3.02. The van der Waals surface area contributed by atoms with Gasteiger partial charge in [-0.3, -0.25) is 10.1 Å². The lowest BCUT2D eigenvalue weighted by atomic mass is 10.1. The van der Waals surface area contributed by atoms with Crippen LogP contribution in [0.4, 0.5) is 11.4 Å². The van der Waals surface area contributed by atoms with E-state index in [1.165, 1.54) is 10.6 Å². The molecule has 0 aromatic heterocycles. The van der Waals surface area contributed by atoms with Gasteiger partial charge in [0, 0.05) is 16.8 Å². The molecule has 23 heavy (non-hydrogen) atoms. The third kappa shape index (κ3) is 3.81. The lowest BCUT2D eigenvalue weighted by molar-refractivity contribution is -0.914. The van der Waals surface area contributed by atoms with Crippen LogP contribution in [0.2, 0.25) is 5.02 Å². The number of halogens is 1. The number of benzene rings is 2. The van der Waals surface area contributed by atoms with E-state index in [1.54, 1.807) is 12.1 Å². The summed E-state index contributed by atoms with van der Waals surface area (Å²) in [6.45, 7) is 4.52. The second-order valence-corrected chi connectivity index (χ2v) is 6.21. The van der Waals surface area contributed by atoms with Gasteiger partial charge in [0.05, 0.1) is 36.7 Å². The van der Waals surface area contributed by atoms with Crippen molar-refractivity contribution in [2.24, 2.45) is 0 Å². The van der Waals surface area contributed by atoms with Crippen LogP contribution in [0, 0.1) is 10.1 Å². The summed E-state index contributed by atoms with van der Waals surface area (Å²) in [7, 11) is 0.